The molecular weight excluding hydrogens is 240 g/mol. The minimum Gasteiger partial charge on any atom is -0.371 e. The Morgan fingerprint density at radius 1 is 1.71 bits per heavy atom. The van der Waals surface area contributed by atoms with E-state index in [0.29, 0.717) is 12.2 Å². The average molecular weight is 257 g/mol. The number of rotatable bonds is 6. The van der Waals surface area contributed by atoms with Crippen molar-refractivity contribution < 1.29 is 0 Å². The molecule has 6 heteroatoms. The fourth-order valence-corrected chi connectivity index (χ4v) is 1.67. The van der Waals surface area contributed by atoms with Crippen LogP contribution in [0.3, 0.4) is 0 Å². The monoisotopic (exact) mass is 256 g/mol. The van der Waals surface area contributed by atoms with Crippen molar-refractivity contribution in [2.75, 3.05) is 32.1 Å². The van der Waals surface area contributed by atoms with Gasteiger partial charge in [0.1, 0.15) is 5.02 Å². The topological polar surface area (TPSA) is 50.2 Å². The highest BCUT2D eigenvalue weighted by Gasteiger charge is 2.11. The molecule has 1 heterocycles. The first-order chi connectivity index (χ1) is 8.11. The lowest BCUT2D eigenvalue weighted by molar-refractivity contribution is 0.649. The zero-order chi connectivity index (χ0) is 12.8. The number of nitrogens with one attached hydrogen (secondary N) is 1. The van der Waals surface area contributed by atoms with E-state index in [1.807, 2.05) is 19.0 Å². The van der Waals surface area contributed by atoms with Gasteiger partial charge in [0.15, 0.2) is 0 Å². The molecule has 0 unspecified atom stereocenters. The predicted molar refractivity (Wildman–Crippen MR) is 70.9 cm³/mol. The summed E-state index contributed by atoms with van der Waals surface area (Å²) >= 11 is 6.04. The first-order valence-electron chi connectivity index (χ1n) is 5.34. The van der Waals surface area contributed by atoms with Gasteiger partial charge in [-0.15, -0.1) is 6.58 Å². The molecule has 5 nitrogen and oxygen atoms in total. The van der Waals surface area contributed by atoms with Crippen LogP contribution >= 0.6 is 11.6 Å². The van der Waals surface area contributed by atoms with Crippen LogP contribution in [0.5, 0.6) is 0 Å². The molecule has 1 rings (SSSR count). The first kappa shape index (κ1) is 13.7. The van der Waals surface area contributed by atoms with Gasteiger partial charge in [-0.25, -0.2) is 4.68 Å². The van der Waals surface area contributed by atoms with Crippen molar-refractivity contribution in [2.45, 2.75) is 6.54 Å². The van der Waals surface area contributed by atoms with Gasteiger partial charge in [0.25, 0.3) is 5.56 Å². The van der Waals surface area contributed by atoms with Gasteiger partial charge in [-0.3, -0.25) is 4.79 Å². The SMILES string of the molecule is C=CCn1ncc(N(C)CCNC)c(Cl)c1=O. The highest BCUT2D eigenvalue weighted by molar-refractivity contribution is 6.33. The van der Waals surface area contributed by atoms with Crippen LogP contribution in [0.4, 0.5) is 5.69 Å². The smallest absolute Gasteiger partial charge is 0.287 e. The summed E-state index contributed by atoms with van der Waals surface area (Å²) in [6, 6.07) is 0. The maximum atomic E-state index is 11.8. The van der Waals surface area contributed by atoms with Crippen LogP contribution in [0.1, 0.15) is 0 Å². The van der Waals surface area contributed by atoms with Gasteiger partial charge in [-0.1, -0.05) is 17.7 Å². The normalized spacial score (nSPS) is 10.3. The second-order valence-electron chi connectivity index (χ2n) is 3.64. The number of hydrogen-bond acceptors (Lipinski definition) is 4. The van der Waals surface area contributed by atoms with E-state index in [9.17, 15) is 4.79 Å². The Bertz CT molecular complexity index is 444. The van der Waals surface area contributed by atoms with Crippen molar-refractivity contribution >= 4 is 17.3 Å². The molecule has 0 spiro atoms. The molecule has 0 saturated carbocycles. The average Bonchev–Trinajstić information content (AvgIpc) is 2.32. The summed E-state index contributed by atoms with van der Waals surface area (Å²) in [5.41, 5.74) is 0.354. The third-order valence-corrected chi connectivity index (χ3v) is 2.73. The van der Waals surface area contributed by atoms with Crippen LogP contribution in [-0.2, 0) is 6.54 Å². The number of allylic oxidation sites excluding steroid dienone is 1. The molecule has 0 amide bonds. The lowest BCUT2D eigenvalue weighted by Crippen LogP contribution is -2.30. The molecule has 1 aromatic rings. The molecular formula is C11H17ClN4O. The molecule has 0 fully saturated rings. The van der Waals surface area contributed by atoms with Crippen molar-refractivity contribution in [3.05, 3.63) is 34.2 Å². The van der Waals surface area contributed by atoms with Crippen molar-refractivity contribution in [3.63, 3.8) is 0 Å². The lowest BCUT2D eigenvalue weighted by atomic mass is 10.4. The molecule has 17 heavy (non-hydrogen) atoms. The van der Waals surface area contributed by atoms with Crippen LogP contribution in [0.25, 0.3) is 0 Å². The van der Waals surface area contributed by atoms with E-state index in [2.05, 4.69) is 17.0 Å². The van der Waals surface area contributed by atoms with Gasteiger partial charge in [-0.05, 0) is 7.05 Å². The van der Waals surface area contributed by atoms with Crippen molar-refractivity contribution in [1.29, 1.82) is 0 Å². The lowest BCUT2D eigenvalue weighted by Gasteiger charge is -2.19. The molecule has 0 atom stereocenters. The highest BCUT2D eigenvalue weighted by Crippen LogP contribution is 2.18. The Kier molecular flexibility index (Phi) is 5.18. The number of halogens is 1. The van der Waals surface area contributed by atoms with Crippen molar-refractivity contribution in [2.24, 2.45) is 0 Å². The van der Waals surface area contributed by atoms with Gasteiger partial charge in [0.05, 0.1) is 18.4 Å². The molecule has 0 saturated heterocycles. The van der Waals surface area contributed by atoms with Gasteiger partial charge < -0.3 is 10.2 Å². The van der Waals surface area contributed by atoms with Crippen LogP contribution < -0.4 is 15.8 Å². The van der Waals surface area contributed by atoms with E-state index in [0.717, 1.165) is 13.1 Å². The Morgan fingerprint density at radius 3 is 3.00 bits per heavy atom. The van der Waals surface area contributed by atoms with Gasteiger partial charge in [0, 0.05) is 20.1 Å². The zero-order valence-electron chi connectivity index (χ0n) is 10.1. The summed E-state index contributed by atoms with van der Waals surface area (Å²) < 4.78 is 1.28. The second kappa shape index (κ2) is 6.42. The fourth-order valence-electron chi connectivity index (χ4n) is 1.37. The Morgan fingerprint density at radius 2 is 2.41 bits per heavy atom. The summed E-state index contributed by atoms with van der Waals surface area (Å²) in [5.74, 6) is 0. The summed E-state index contributed by atoms with van der Waals surface area (Å²) in [6.07, 6.45) is 3.21. The Hall–Kier alpha value is -1.33. The molecule has 0 bridgehead atoms. The van der Waals surface area contributed by atoms with Gasteiger partial charge >= 0.3 is 0 Å². The third kappa shape index (κ3) is 3.31. The highest BCUT2D eigenvalue weighted by atomic mass is 35.5. The maximum absolute atomic E-state index is 11.8. The number of anilines is 1. The maximum Gasteiger partial charge on any atom is 0.287 e. The van der Waals surface area contributed by atoms with E-state index >= 15 is 0 Å². The first-order valence-corrected chi connectivity index (χ1v) is 5.71. The van der Waals surface area contributed by atoms with E-state index in [4.69, 9.17) is 11.6 Å². The van der Waals surface area contributed by atoms with E-state index in [-0.39, 0.29) is 10.6 Å². The molecule has 0 radical (unpaired) electrons. The molecule has 0 aliphatic heterocycles. The molecule has 94 valence electrons. The minimum absolute atomic E-state index is 0.195. The van der Waals surface area contributed by atoms with Crippen LogP contribution in [-0.4, -0.2) is 37.0 Å². The van der Waals surface area contributed by atoms with E-state index in [1.165, 1.54) is 4.68 Å². The summed E-state index contributed by atoms with van der Waals surface area (Å²) in [7, 11) is 3.74. The van der Waals surface area contributed by atoms with E-state index < -0.39 is 0 Å². The number of hydrogen-bond donors (Lipinski definition) is 1. The molecule has 1 aromatic heterocycles. The standard InChI is InChI=1S/C11H17ClN4O/c1-4-6-16-11(17)10(12)9(8-14-16)15(3)7-5-13-2/h4,8,13H,1,5-7H2,2-3H3. The van der Waals surface area contributed by atoms with Crippen LogP contribution in [0.2, 0.25) is 5.02 Å². The quantitative estimate of drug-likeness (QED) is 0.763. The largest absolute Gasteiger partial charge is 0.371 e. The summed E-state index contributed by atoms with van der Waals surface area (Å²) in [6.45, 7) is 5.48. The molecule has 1 N–H and O–H groups in total. The zero-order valence-corrected chi connectivity index (χ0v) is 10.9. The predicted octanol–water partition coefficient (Wildman–Crippen LogP) is 0.738. The summed E-state index contributed by atoms with van der Waals surface area (Å²) in [4.78, 5) is 13.7. The Labute approximate surface area is 106 Å². The van der Waals surface area contributed by atoms with Crippen LogP contribution in [0.15, 0.2) is 23.6 Å². The minimum atomic E-state index is -0.291. The second-order valence-corrected chi connectivity index (χ2v) is 4.02. The summed E-state index contributed by atoms with van der Waals surface area (Å²) in [5, 5.41) is 7.27. The van der Waals surface area contributed by atoms with Crippen molar-refractivity contribution in [3.8, 4) is 0 Å². The molecule has 0 aliphatic carbocycles. The number of aromatic nitrogens is 2. The van der Waals surface area contributed by atoms with Crippen LogP contribution in [0, 0.1) is 0 Å². The van der Waals surface area contributed by atoms with Gasteiger partial charge in [-0.2, -0.15) is 5.10 Å². The van der Waals surface area contributed by atoms with Crippen molar-refractivity contribution in [1.82, 2.24) is 15.1 Å². The third-order valence-electron chi connectivity index (χ3n) is 2.38. The van der Waals surface area contributed by atoms with Gasteiger partial charge in [0.2, 0.25) is 0 Å². The molecule has 0 aromatic carbocycles. The molecule has 0 aliphatic rings. The number of likely N-dealkylation sites (N-methyl/N-ethyl adjacent to an activating group) is 2. The fraction of sp³-hybridized carbons (Fsp3) is 0.455. The van der Waals surface area contributed by atoms with E-state index in [1.54, 1.807) is 12.3 Å². The Balaban J connectivity index is 2.99. The number of nitrogens with zero attached hydrogens (tertiary/aromatic N) is 3.